The van der Waals surface area contributed by atoms with Crippen LogP contribution in [0.5, 0.6) is 10.9 Å². The Labute approximate surface area is 152 Å². The van der Waals surface area contributed by atoms with E-state index in [4.69, 9.17) is 9.47 Å². The smallest absolute Gasteiger partial charge is 0.294 e. The molecule has 0 amide bonds. The van der Waals surface area contributed by atoms with Crippen LogP contribution < -0.4 is 9.47 Å². The summed E-state index contributed by atoms with van der Waals surface area (Å²) in [4.78, 5) is 2.40. The second-order valence-corrected chi connectivity index (χ2v) is 8.62. The van der Waals surface area contributed by atoms with Gasteiger partial charge in [0, 0.05) is 12.8 Å². The van der Waals surface area contributed by atoms with Crippen LogP contribution in [0, 0.1) is 0 Å². The monoisotopic (exact) mass is 385 g/mol. The minimum atomic E-state index is -3.22. The second kappa shape index (κ2) is 9.12. The Morgan fingerprint density at radius 3 is 2.76 bits per heavy atom. The molecule has 2 rings (SSSR count). The van der Waals surface area contributed by atoms with Gasteiger partial charge in [-0.2, -0.15) is 0 Å². The molecule has 0 fully saturated rings. The minimum Gasteiger partial charge on any atom is -0.494 e. The largest absolute Gasteiger partial charge is 0.494 e. The van der Waals surface area contributed by atoms with Gasteiger partial charge in [-0.1, -0.05) is 17.4 Å². The van der Waals surface area contributed by atoms with Gasteiger partial charge in [-0.05, 0) is 38.6 Å². The fourth-order valence-corrected chi connectivity index (χ4v) is 3.60. The molecule has 0 bridgehead atoms. The molecule has 0 N–H and O–H groups in total. The average Bonchev–Trinajstić information content (AvgIpc) is 2.98. The van der Waals surface area contributed by atoms with Gasteiger partial charge in [-0.3, -0.25) is 4.90 Å². The first-order valence-corrected chi connectivity index (χ1v) is 10.7. The molecule has 2 aromatic rings. The van der Waals surface area contributed by atoms with E-state index >= 15 is 0 Å². The van der Waals surface area contributed by atoms with Crippen molar-refractivity contribution in [3.63, 3.8) is 0 Å². The molecule has 0 aliphatic rings. The molecule has 0 radical (unpaired) electrons. The lowest BCUT2D eigenvalue weighted by Crippen LogP contribution is -2.20. The van der Waals surface area contributed by atoms with Crippen molar-refractivity contribution in [3.8, 4) is 10.9 Å². The van der Waals surface area contributed by atoms with E-state index in [0.29, 0.717) is 30.7 Å². The molecule has 1 aromatic carbocycles. The van der Waals surface area contributed by atoms with E-state index in [0.717, 1.165) is 18.0 Å². The number of nitrogens with zero attached hydrogens (tertiary/aromatic N) is 3. The number of sulfone groups is 1. The summed E-state index contributed by atoms with van der Waals surface area (Å²) in [5.74, 6) is 0.566. The zero-order chi connectivity index (χ0) is 18.3. The van der Waals surface area contributed by atoms with Gasteiger partial charge in [-0.15, -0.1) is 10.2 Å². The van der Waals surface area contributed by atoms with Crippen molar-refractivity contribution >= 4 is 21.2 Å². The Bertz CT molecular complexity index is 777. The highest BCUT2D eigenvalue weighted by Crippen LogP contribution is 2.19. The first-order valence-electron chi connectivity index (χ1n) is 7.95. The third kappa shape index (κ3) is 6.60. The molecule has 0 atom stereocenters. The van der Waals surface area contributed by atoms with Crippen LogP contribution in [0.2, 0.25) is 0 Å². The molecular formula is C16H23N3O4S2. The second-order valence-electron chi connectivity index (χ2n) is 5.58. The summed E-state index contributed by atoms with van der Waals surface area (Å²) >= 11 is 1.45. The third-order valence-corrected chi connectivity index (χ3v) is 5.24. The van der Waals surface area contributed by atoms with Crippen molar-refractivity contribution in [3.05, 3.63) is 29.3 Å². The van der Waals surface area contributed by atoms with E-state index in [-0.39, 0.29) is 4.90 Å². The number of benzene rings is 1. The minimum absolute atomic E-state index is 0.267. The summed E-state index contributed by atoms with van der Waals surface area (Å²) in [6, 6.07) is 6.56. The molecular weight excluding hydrogens is 362 g/mol. The summed E-state index contributed by atoms with van der Waals surface area (Å²) in [6.45, 7) is 4.54. The quantitative estimate of drug-likeness (QED) is 0.580. The molecule has 138 valence electrons. The van der Waals surface area contributed by atoms with Crippen molar-refractivity contribution in [1.82, 2.24) is 15.1 Å². The van der Waals surface area contributed by atoms with E-state index in [9.17, 15) is 8.42 Å². The van der Waals surface area contributed by atoms with Gasteiger partial charge in [0.25, 0.3) is 5.19 Å². The van der Waals surface area contributed by atoms with E-state index in [1.165, 1.54) is 17.6 Å². The normalized spacial score (nSPS) is 11.7. The van der Waals surface area contributed by atoms with E-state index in [1.54, 1.807) is 24.3 Å². The van der Waals surface area contributed by atoms with Gasteiger partial charge in [0.05, 0.1) is 24.7 Å². The first kappa shape index (κ1) is 19.6. The summed E-state index contributed by atoms with van der Waals surface area (Å²) in [6.07, 6.45) is 2.00. The van der Waals surface area contributed by atoms with Gasteiger partial charge in [0.2, 0.25) is 0 Å². The van der Waals surface area contributed by atoms with Crippen molar-refractivity contribution in [1.29, 1.82) is 0 Å². The highest BCUT2D eigenvalue weighted by Gasteiger charge is 2.09. The predicted octanol–water partition coefficient (Wildman–Crippen LogP) is 2.24. The lowest BCUT2D eigenvalue weighted by atomic mass is 10.3. The van der Waals surface area contributed by atoms with Crippen molar-refractivity contribution in [2.45, 2.75) is 24.8 Å². The summed E-state index contributed by atoms with van der Waals surface area (Å²) in [7, 11) is -1.21. The maximum absolute atomic E-state index is 11.5. The predicted molar refractivity (Wildman–Crippen MR) is 97.1 cm³/mol. The molecule has 9 heteroatoms. The van der Waals surface area contributed by atoms with Gasteiger partial charge in [0.1, 0.15) is 10.8 Å². The summed E-state index contributed by atoms with van der Waals surface area (Å²) in [5.41, 5.74) is 0. The molecule has 0 aliphatic carbocycles. The number of hydrogen-bond donors (Lipinski definition) is 0. The van der Waals surface area contributed by atoms with Crippen LogP contribution in [0.4, 0.5) is 0 Å². The number of rotatable bonds is 10. The van der Waals surface area contributed by atoms with Crippen LogP contribution >= 0.6 is 11.3 Å². The fraction of sp³-hybridized carbons (Fsp3) is 0.500. The van der Waals surface area contributed by atoms with Crippen LogP contribution in [-0.4, -0.2) is 56.6 Å². The lowest BCUT2D eigenvalue weighted by Gasteiger charge is -2.15. The summed E-state index contributed by atoms with van der Waals surface area (Å²) in [5, 5.41) is 9.57. The van der Waals surface area contributed by atoms with E-state index in [2.05, 4.69) is 15.1 Å². The van der Waals surface area contributed by atoms with Gasteiger partial charge < -0.3 is 9.47 Å². The molecule has 0 spiro atoms. The molecule has 1 aromatic heterocycles. The topological polar surface area (TPSA) is 81.6 Å². The molecule has 7 nitrogen and oxygen atoms in total. The zero-order valence-electron chi connectivity index (χ0n) is 14.6. The molecule has 1 heterocycles. The van der Waals surface area contributed by atoms with Gasteiger partial charge >= 0.3 is 0 Å². The van der Waals surface area contributed by atoms with Crippen LogP contribution in [-0.2, 0) is 16.4 Å². The molecule has 0 saturated heterocycles. The third-order valence-electron chi connectivity index (χ3n) is 3.31. The maximum Gasteiger partial charge on any atom is 0.294 e. The first-order chi connectivity index (χ1) is 11.9. The summed E-state index contributed by atoms with van der Waals surface area (Å²) < 4.78 is 34.0. The van der Waals surface area contributed by atoms with Crippen LogP contribution in [0.15, 0.2) is 29.2 Å². The Kier molecular flexibility index (Phi) is 7.15. The van der Waals surface area contributed by atoms with Crippen molar-refractivity contribution in [2.24, 2.45) is 0 Å². The SMILES string of the molecule is CCOc1nnc(CN(C)CCCOc2cccc(S(C)(=O)=O)c2)s1. The number of aromatic nitrogens is 2. The molecule has 0 aliphatic heterocycles. The molecule has 0 unspecified atom stereocenters. The standard InChI is InChI=1S/C16H23N3O4S2/c1-4-22-16-18-17-15(24-16)12-19(2)9-6-10-23-13-7-5-8-14(11-13)25(3,20)21/h5,7-8,11H,4,6,9-10,12H2,1-3H3. The van der Waals surface area contributed by atoms with E-state index in [1.807, 2.05) is 14.0 Å². The zero-order valence-corrected chi connectivity index (χ0v) is 16.3. The van der Waals surface area contributed by atoms with Crippen LogP contribution in [0.3, 0.4) is 0 Å². The highest BCUT2D eigenvalue weighted by atomic mass is 32.2. The van der Waals surface area contributed by atoms with Crippen molar-refractivity contribution < 1.29 is 17.9 Å². The Morgan fingerprint density at radius 2 is 2.04 bits per heavy atom. The van der Waals surface area contributed by atoms with Gasteiger partial charge in [0.15, 0.2) is 9.84 Å². The van der Waals surface area contributed by atoms with Crippen molar-refractivity contribution in [2.75, 3.05) is 33.1 Å². The molecule has 25 heavy (non-hydrogen) atoms. The Hall–Kier alpha value is -1.71. The molecule has 0 saturated carbocycles. The van der Waals surface area contributed by atoms with Crippen LogP contribution in [0.25, 0.3) is 0 Å². The number of hydrogen-bond acceptors (Lipinski definition) is 8. The van der Waals surface area contributed by atoms with Gasteiger partial charge in [-0.25, -0.2) is 8.42 Å². The fourth-order valence-electron chi connectivity index (χ4n) is 2.11. The highest BCUT2D eigenvalue weighted by molar-refractivity contribution is 7.90. The average molecular weight is 386 g/mol. The van der Waals surface area contributed by atoms with E-state index < -0.39 is 9.84 Å². The maximum atomic E-state index is 11.5. The Morgan fingerprint density at radius 1 is 1.24 bits per heavy atom. The Balaban J connectivity index is 1.73. The van der Waals surface area contributed by atoms with Crippen LogP contribution in [0.1, 0.15) is 18.4 Å². The lowest BCUT2D eigenvalue weighted by molar-refractivity contribution is 0.258. The number of ether oxygens (including phenoxy) is 2.